The zero-order valence-electron chi connectivity index (χ0n) is 8.12. The minimum atomic E-state index is 0.675. The van der Waals surface area contributed by atoms with Crippen LogP contribution in [0.3, 0.4) is 0 Å². The van der Waals surface area contributed by atoms with Gasteiger partial charge in [-0.1, -0.05) is 18.5 Å². The van der Waals surface area contributed by atoms with Crippen molar-refractivity contribution in [3.8, 4) is 0 Å². The molecule has 1 rings (SSSR count). The molecule has 0 fully saturated rings. The van der Waals surface area contributed by atoms with Gasteiger partial charge in [-0.05, 0) is 25.5 Å². The summed E-state index contributed by atoms with van der Waals surface area (Å²) in [5.74, 6) is 0.761. The molecule has 3 nitrogen and oxygen atoms in total. The van der Waals surface area contributed by atoms with E-state index in [-0.39, 0.29) is 0 Å². The summed E-state index contributed by atoms with van der Waals surface area (Å²) in [6.07, 6.45) is 3.78. The standard InChI is InChI=1S/C10H15NO2/c1-3-4-8-13-11-9(2)10-6-5-7-12-10/h5-7H,3-4,8H2,1-2H3/b11-9+. The third kappa shape index (κ3) is 3.32. The van der Waals surface area contributed by atoms with Crippen LogP contribution in [0.4, 0.5) is 0 Å². The van der Waals surface area contributed by atoms with Crippen LogP contribution in [0.2, 0.25) is 0 Å². The SMILES string of the molecule is CCCCO/N=C(\C)c1ccco1. The largest absolute Gasteiger partial charge is 0.463 e. The van der Waals surface area contributed by atoms with Crippen LogP contribution in [0.5, 0.6) is 0 Å². The molecule has 0 N–H and O–H groups in total. The third-order valence-electron chi connectivity index (χ3n) is 1.67. The van der Waals surface area contributed by atoms with E-state index in [9.17, 15) is 0 Å². The molecule has 1 aromatic heterocycles. The monoisotopic (exact) mass is 181 g/mol. The molecular weight excluding hydrogens is 166 g/mol. The van der Waals surface area contributed by atoms with Crippen LogP contribution in [0.15, 0.2) is 28.0 Å². The second-order valence-electron chi connectivity index (χ2n) is 2.84. The first-order valence-electron chi connectivity index (χ1n) is 4.55. The second-order valence-corrected chi connectivity index (χ2v) is 2.84. The second kappa shape index (κ2) is 5.41. The smallest absolute Gasteiger partial charge is 0.151 e. The molecule has 0 saturated heterocycles. The maximum atomic E-state index is 5.14. The number of rotatable bonds is 5. The number of unbranched alkanes of at least 4 members (excludes halogenated alkanes) is 1. The average molecular weight is 181 g/mol. The molecule has 1 heterocycles. The summed E-state index contributed by atoms with van der Waals surface area (Å²) in [5, 5.41) is 3.93. The summed E-state index contributed by atoms with van der Waals surface area (Å²) in [4.78, 5) is 5.09. The predicted molar refractivity (Wildman–Crippen MR) is 51.8 cm³/mol. The van der Waals surface area contributed by atoms with Crippen molar-refractivity contribution >= 4 is 5.71 Å². The maximum absolute atomic E-state index is 5.14. The Morgan fingerprint density at radius 2 is 2.46 bits per heavy atom. The summed E-state index contributed by atoms with van der Waals surface area (Å²) in [5.41, 5.74) is 0.779. The highest BCUT2D eigenvalue weighted by Gasteiger charge is 1.99. The highest BCUT2D eigenvalue weighted by Crippen LogP contribution is 2.02. The molecule has 72 valence electrons. The maximum Gasteiger partial charge on any atom is 0.151 e. The topological polar surface area (TPSA) is 34.7 Å². The molecule has 0 atom stereocenters. The van der Waals surface area contributed by atoms with Gasteiger partial charge < -0.3 is 9.25 Å². The number of furan rings is 1. The molecule has 0 spiro atoms. The zero-order valence-corrected chi connectivity index (χ0v) is 8.12. The van der Waals surface area contributed by atoms with E-state index in [4.69, 9.17) is 9.25 Å². The third-order valence-corrected chi connectivity index (χ3v) is 1.67. The van der Waals surface area contributed by atoms with Crippen molar-refractivity contribution in [3.63, 3.8) is 0 Å². The van der Waals surface area contributed by atoms with E-state index in [2.05, 4.69) is 12.1 Å². The fourth-order valence-corrected chi connectivity index (χ4v) is 0.881. The van der Waals surface area contributed by atoms with Crippen LogP contribution in [0.1, 0.15) is 32.4 Å². The van der Waals surface area contributed by atoms with E-state index in [1.165, 1.54) is 0 Å². The van der Waals surface area contributed by atoms with Gasteiger partial charge in [-0.2, -0.15) is 0 Å². The Labute approximate surface area is 78.4 Å². The average Bonchev–Trinajstić information content (AvgIpc) is 2.65. The van der Waals surface area contributed by atoms with Gasteiger partial charge in [0.2, 0.25) is 0 Å². The van der Waals surface area contributed by atoms with Crippen LogP contribution in [-0.2, 0) is 4.84 Å². The quantitative estimate of drug-likeness (QED) is 0.397. The summed E-state index contributed by atoms with van der Waals surface area (Å²) < 4.78 is 5.14. The van der Waals surface area contributed by atoms with E-state index in [1.54, 1.807) is 6.26 Å². The molecule has 0 bridgehead atoms. The van der Waals surface area contributed by atoms with Gasteiger partial charge in [0.25, 0.3) is 0 Å². The van der Waals surface area contributed by atoms with Crippen molar-refractivity contribution in [2.75, 3.05) is 6.61 Å². The highest BCUT2D eigenvalue weighted by molar-refractivity contribution is 5.95. The Balaban J connectivity index is 2.35. The molecule has 3 heteroatoms. The van der Waals surface area contributed by atoms with Crippen LogP contribution in [0, 0.1) is 0 Å². The van der Waals surface area contributed by atoms with Gasteiger partial charge in [0.05, 0.1) is 6.26 Å². The Kier molecular flexibility index (Phi) is 4.09. The Morgan fingerprint density at radius 1 is 1.62 bits per heavy atom. The van der Waals surface area contributed by atoms with E-state index >= 15 is 0 Å². The lowest BCUT2D eigenvalue weighted by Gasteiger charge is -1.98. The molecule has 0 saturated carbocycles. The van der Waals surface area contributed by atoms with Crippen LogP contribution >= 0.6 is 0 Å². The number of oxime groups is 1. The molecule has 0 aliphatic carbocycles. The molecule has 0 radical (unpaired) electrons. The van der Waals surface area contributed by atoms with Crippen molar-refractivity contribution in [1.82, 2.24) is 0 Å². The van der Waals surface area contributed by atoms with Crippen molar-refractivity contribution in [1.29, 1.82) is 0 Å². The van der Waals surface area contributed by atoms with Gasteiger partial charge in [0, 0.05) is 0 Å². The minimum Gasteiger partial charge on any atom is -0.463 e. The van der Waals surface area contributed by atoms with Gasteiger partial charge in [-0.25, -0.2) is 0 Å². The summed E-state index contributed by atoms with van der Waals surface area (Å²) in [7, 11) is 0. The van der Waals surface area contributed by atoms with E-state index in [1.807, 2.05) is 19.1 Å². The number of hydrogen-bond donors (Lipinski definition) is 0. The lowest BCUT2D eigenvalue weighted by molar-refractivity contribution is 0.141. The lowest BCUT2D eigenvalue weighted by Crippen LogP contribution is -1.95. The summed E-state index contributed by atoms with van der Waals surface area (Å²) in [6.45, 7) is 4.66. The molecule has 0 aromatic carbocycles. The van der Waals surface area contributed by atoms with E-state index < -0.39 is 0 Å². The van der Waals surface area contributed by atoms with E-state index in [0.717, 1.165) is 24.3 Å². The fourth-order valence-electron chi connectivity index (χ4n) is 0.881. The van der Waals surface area contributed by atoms with Crippen LogP contribution in [-0.4, -0.2) is 12.3 Å². The minimum absolute atomic E-state index is 0.675. The van der Waals surface area contributed by atoms with Crippen molar-refractivity contribution in [3.05, 3.63) is 24.2 Å². The normalized spacial score (nSPS) is 11.7. The fraction of sp³-hybridized carbons (Fsp3) is 0.500. The van der Waals surface area contributed by atoms with Gasteiger partial charge in [0.15, 0.2) is 5.76 Å². The first kappa shape index (κ1) is 9.84. The first-order valence-corrected chi connectivity index (χ1v) is 4.55. The lowest BCUT2D eigenvalue weighted by atomic mass is 10.3. The Morgan fingerprint density at radius 3 is 3.08 bits per heavy atom. The van der Waals surface area contributed by atoms with Crippen molar-refractivity contribution in [2.45, 2.75) is 26.7 Å². The predicted octanol–water partition coefficient (Wildman–Crippen LogP) is 2.82. The molecule has 0 amide bonds. The van der Waals surface area contributed by atoms with E-state index in [0.29, 0.717) is 6.61 Å². The summed E-state index contributed by atoms with van der Waals surface area (Å²) >= 11 is 0. The van der Waals surface area contributed by atoms with Gasteiger partial charge in [0.1, 0.15) is 12.3 Å². The molecule has 0 aliphatic heterocycles. The molecule has 1 aromatic rings. The number of hydrogen-bond acceptors (Lipinski definition) is 3. The van der Waals surface area contributed by atoms with Crippen LogP contribution < -0.4 is 0 Å². The Hall–Kier alpha value is -1.25. The zero-order chi connectivity index (χ0) is 9.52. The molecular formula is C10H15NO2. The van der Waals surface area contributed by atoms with Crippen LogP contribution in [0.25, 0.3) is 0 Å². The van der Waals surface area contributed by atoms with Gasteiger partial charge in [-0.3, -0.25) is 0 Å². The molecule has 0 unspecified atom stereocenters. The summed E-state index contributed by atoms with van der Waals surface area (Å²) in [6, 6.07) is 3.70. The van der Waals surface area contributed by atoms with Gasteiger partial charge in [-0.15, -0.1) is 0 Å². The number of nitrogens with zero attached hydrogens (tertiary/aromatic N) is 1. The molecule has 0 aliphatic rings. The highest BCUT2D eigenvalue weighted by atomic mass is 16.6. The molecule has 13 heavy (non-hydrogen) atoms. The van der Waals surface area contributed by atoms with Gasteiger partial charge >= 0.3 is 0 Å². The van der Waals surface area contributed by atoms with Crippen molar-refractivity contribution in [2.24, 2.45) is 5.16 Å². The Bertz CT molecular complexity index is 252. The first-order chi connectivity index (χ1) is 6.34. The van der Waals surface area contributed by atoms with Crippen molar-refractivity contribution < 1.29 is 9.25 Å².